The van der Waals surface area contributed by atoms with Gasteiger partial charge >= 0.3 is 12.0 Å². The molecule has 0 spiro atoms. The first-order valence-corrected chi connectivity index (χ1v) is 7.31. The average Bonchev–Trinajstić information content (AvgIpc) is 2.61. The van der Waals surface area contributed by atoms with Crippen molar-refractivity contribution in [3.05, 3.63) is 0 Å². The lowest BCUT2D eigenvalue weighted by molar-refractivity contribution is -0.146. The number of nitrogens with zero attached hydrogens (tertiary/aromatic N) is 1. The normalized spacial score (nSPS) is 23.1. The van der Waals surface area contributed by atoms with Crippen molar-refractivity contribution < 1.29 is 24.2 Å². The summed E-state index contributed by atoms with van der Waals surface area (Å²) in [5.41, 5.74) is -0.920. The second-order valence-electron chi connectivity index (χ2n) is 5.44. The molecule has 1 aliphatic heterocycles. The highest BCUT2D eigenvalue weighted by molar-refractivity contribution is 6.06. The fraction of sp³-hybridized carbons (Fsp3) is 0.786. The first-order valence-electron chi connectivity index (χ1n) is 7.31. The summed E-state index contributed by atoms with van der Waals surface area (Å²) in [5, 5.41) is 12.5. The molecule has 7 nitrogen and oxygen atoms in total. The highest BCUT2D eigenvalue weighted by Crippen LogP contribution is 2.23. The van der Waals surface area contributed by atoms with Crippen LogP contribution in [0.5, 0.6) is 0 Å². The number of carbonyl (C=O) groups excluding carboxylic acids is 3. The van der Waals surface area contributed by atoms with Gasteiger partial charge in [0.2, 0.25) is 0 Å². The van der Waals surface area contributed by atoms with E-state index in [0.29, 0.717) is 6.42 Å². The molecule has 0 bridgehead atoms. The lowest BCUT2D eigenvalue weighted by Crippen LogP contribution is -2.44. The molecule has 0 aromatic rings. The number of carbonyl (C=O) groups is 3. The van der Waals surface area contributed by atoms with Gasteiger partial charge in [0.25, 0.3) is 5.91 Å². The second kappa shape index (κ2) is 7.40. The largest absolute Gasteiger partial charge is 0.466 e. The zero-order valence-corrected chi connectivity index (χ0v) is 12.8. The number of nitrogens with one attached hydrogen (secondary N) is 1. The van der Waals surface area contributed by atoms with Crippen LogP contribution >= 0.6 is 0 Å². The maximum atomic E-state index is 12.3. The Hall–Kier alpha value is -1.63. The Morgan fingerprint density at radius 1 is 1.43 bits per heavy atom. The Kier molecular flexibility index (Phi) is 6.14. The number of hydrogen-bond donors (Lipinski definition) is 2. The number of unbranched alkanes of at least 4 members (excludes halogenated alkanes) is 1. The fourth-order valence-electron chi connectivity index (χ4n) is 2.30. The highest BCUT2D eigenvalue weighted by atomic mass is 16.5. The molecule has 1 aliphatic rings. The zero-order valence-electron chi connectivity index (χ0n) is 12.8. The molecule has 3 amide bonds. The van der Waals surface area contributed by atoms with E-state index in [1.807, 2.05) is 6.92 Å². The number of aliphatic hydroxyl groups is 1. The van der Waals surface area contributed by atoms with E-state index in [9.17, 15) is 19.5 Å². The van der Waals surface area contributed by atoms with Gasteiger partial charge in [0.05, 0.1) is 25.7 Å². The van der Waals surface area contributed by atoms with Crippen molar-refractivity contribution in [2.45, 2.75) is 58.1 Å². The summed E-state index contributed by atoms with van der Waals surface area (Å²) >= 11 is 0. The van der Waals surface area contributed by atoms with Crippen molar-refractivity contribution in [3.63, 3.8) is 0 Å². The molecule has 21 heavy (non-hydrogen) atoms. The molecule has 0 aliphatic carbocycles. The topological polar surface area (TPSA) is 95.9 Å². The van der Waals surface area contributed by atoms with Gasteiger partial charge in [-0.2, -0.15) is 0 Å². The van der Waals surface area contributed by atoms with Crippen LogP contribution in [0.1, 0.15) is 46.5 Å². The Bertz CT molecular complexity index is 412. The van der Waals surface area contributed by atoms with Crippen molar-refractivity contribution in [3.8, 4) is 0 Å². The van der Waals surface area contributed by atoms with E-state index in [-0.39, 0.29) is 25.5 Å². The first kappa shape index (κ1) is 17.4. The van der Waals surface area contributed by atoms with Crippen molar-refractivity contribution in [2.75, 3.05) is 13.2 Å². The predicted molar refractivity (Wildman–Crippen MR) is 75.4 cm³/mol. The van der Waals surface area contributed by atoms with Crippen molar-refractivity contribution >= 4 is 17.9 Å². The molecule has 1 rings (SSSR count). The van der Waals surface area contributed by atoms with Crippen LogP contribution in [0.4, 0.5) is 4.79 Å². The Morgan fingerprint density at radius 3 is 2.67 bits per heavy atom. The van der Waals surface area contributed by atoms with Gasteiger partial charge in [-0.25, -0.2) is 4.79 Å². The molecule has 2 atom stereocenters. The van der Waals surface area contributed by atoms with Crippen LogP contribution in [0.3, 0.4) is 0 Å². The number of amides is 3. The highest BCUT2D eigenvalue weighted by Gasteiger charge is 2.47. The first-order chi connectivity index (χ1) is 9.84. The van der Waals surface area contributed by atoms with Gasteiger partial charge in [-0.1, -0.05) is 19.8 Å². The summed E-state index contributed by atoms with van der Waals surface area (Å²) in [5.74, 6) is -0.908. The third kappa shape index (κ3) is 4.42. The monoisotopic (exact) mass is 300 g/mol. The molecule has 120 valence electrons. The fourth-order valence-corrected chi connectivity index (χ4v) is 2.30. The standard InChI is InChI=1S/C14H24N2O5/c1-4-6-7-14(3)12(19)16(13(20)15-14)9-10(17)8-11(18)21-5-2/h10,17H,4-9H2,1-3H3,(H,15,20). The van der Waals surface area contributed by atoms with Gasteiger partial charge in [-0.15, -0.1) is 0 Å². The van der Waals surface area contributed by atoms with Crippen molar-refractivity contribution in [1.82, 2.24) is 10.2 Å². The number of β-amino-alcohol motifs (C(OH)–C–C–N with tert-alkyl or cyclic N) is 1. The molecule has 1 heterocycles. The minimum absolute atomic E-state index is 0.203. The summed E-state index contributed by atoms with van der Waals surface area (Å²) in [6.07, 6.45) is 0.938. The summed E-state index contributed by atoms with van der Waals surface area (Å²) in [4.78, 5) is 36.4. The van der Waals surface area contributed by atoms with E-state index in [0.717, 1.165) is 17.7 Å². The number of esters is 1. The Morgan fingerprint density at radius 2 is 2.10 bits per heavy atom. The number of rotatable bonds is 8. The van der Waals surface area contributed by atoms with Crippen LogP contribution < -0.4 is 5.32 Å². The van der Waals surface area contributed by atoms with Gasteiger partial charge in [-0.05, 0) is 20.3 Å². The second-order valence-corrected chi connectivity index (χ2v) is 5.44. The molecule has 2 N–H and O–H groups in total. The maximum absolute atomic E-state index is 12.3. The molecule has 0 radical (unpaired) electrons. The van der Waals surface area contributed by atoms with Gasteiger partial charge in [0.1, 0.15) is 5.54 Å². The number of hydrogen-bond acceptors (Lipinski definition) is 5. The summed E-state index contributed by atoms with van der Waals surface area (Å²) in [7, 11) is 0. The predicted octanol–water partition coefficient (Wildman–Crippen LogP) is 0.801. The van der Waals surface area contributed by atoms with Crippen LogP contribution in [0.25, 0.3) is 0 Å². The number of aliphatic hydroxyl groups excluding tert-OH is 1. The van der Waals surface area contributed by atoms with E-state index in [1.165, 1.54) is 0 Å². The number of urea groups is 1. The zero-order chi connectivity index (χ0) is 16.0. The molecule has 7 heteroatoms. The average molecular weight is 300 g/mol. The molecule has 0 aromatic carbocycles. The smallest absolute Gasteiger partial charge is 0.325 e. The lowest BCUT2D eigenvalue weighted by atomic mass is 9.95. The Labute approximate surface area is 124 Å². The van der Waals surface area contributed by atoms with Crippen LogP contribution in [0.15, 0.2) is 0 Å². The van der Waals surface area contributed by atoms with Crippen LogP contribution in [0, 0.1) is 0 Å². The van der Waals surface area contributed by atoms with Gasteiger partial charge in [0.15, 0.2) is 0 Å². The minimum Gasteiger partial charge on any atom is -0.466 e. The van der Waals surface area contributed by atoms with E-state index < -0.39 is 23.6 Å². The van der Waals surface area contributed by atoms with Gasteiger partial charge < -0.3 is 15.2 Å². The van der Waals surface area contributed by atoms with Crippen LogP contribution in [-0.2, 0) is 14.3 Å². The number of ether oxygens (including phenoxy) is 1. The summed E-state index contributed by atoms with van der Waals surface area (Å²) < 4.78 is 4.72. The Balaban J connectivity index is 2.61. The quantitative estimate of drug-likeness (QED) is 0.510. The molecule has 0 saturated carbocycles. The van der Waals surface area contributed by atoms with Gasteiger partial charge in [0, 0.05) is 0 Å². The van der Waals surface area contributed by atoms with Crippen LogP contribution in [-0.4, -0.2) is 52.7 Å². The minimum atomic E-state index is -1.12. The maximum Gasteiger partial charge on any atom is 0.325 e. The third-order valence-electron chi connectivity index (χ3n) is 3.48. The van der Waals surface area contributed by atoms with Crippen molar-refractivity contribution in [2.24, 2.45) is 0 Å². The van der Waals surface area contributed by atoms with E-state index in [1.54, 1.807) is 13.8 Å². The molecular weight excluding hydrogens is 276 g/mol. The van der Waals surface area contributed by atoms with E-state index in [2.05, 4.69) is 5.32 Å². The van der Waals surface area contributed by atoms with Crippen molar-refractivity contribution in [1.29, 1.82) is 0 Å². The van der Waals surface area contributed by atoms with Gasteiger partial charge in [-0.3, -0.25) is 14.5 Å². The lowest BCUT2D eigenvalue weighted by Gasteiger charge is -2.22. The summed E-state index contributed by atoms with van der Waals surface area (Å²) in [6, 6.07) is -0.526. The number of imide groups is 1. The molecule has 1 fully saturated rings. The molecular formula is C14H24N2O5. The molecule has 2 unspecified atom stereocenters. The third-order valence-corrected chi connectivity index (χ3v) is 3.48. The van der Waals surface area contributed by atoms with E-state index in [4.69, 9.17) is 4.74 Å². The molecule has 0 aromatic heterocycles. The summed E-state index contributed by atoms with van der Waals surface area (Å²) in [6.45, 7) is 5.38. The molecule has 1 saturated heterocycles. The SMILES string of the molecule is CCCCC1(C)NC(=O)N(CC(O)CC(=O)OCC)C1=O. The van der Waals surface area contributed by atoms with E-state index >= 15 is 0 Å². The van der Waals surface area contributed by atoms with Crippen LogP contribution in [0.2, 0.25) is 0 Å².